The van der Waals surface area contributed by atoms with Gasteiger partial charge < -0.3 is 10.1 Å². The van der Waals surface area contributed by atoms with Crippen molar-refractivity contribution in [1.82, 2.24) is 15.6 Å². The molecule has 0 aromatic heterocycles. The molecule has 1 fully saturated rings. The molecule has 1 aliphatic rings. The Hall–Kier alpha value is -2.12. The molecule has 1 saturated heterocycles. The number of piperazine rings is 1. The first kappa shape index (κ1) is 21.2. The minimum atomic E-state index is -0.509. The summed E-state index contributed by atoms with van der Waals surface area (Å²) in [4.78, 5) is 25.8. The van der Waals surface area contributed by atoms with E-state index in [1.165, 1.54) is 25.7 Å². The van der Waals surface area contributed by atoms with Gasteiger partial charge in [0.1, 0.15) is 5.75 Å². The van der Waals surface area contributed by atoms with Crippen LogP contribution < -0.4 is 21.3 Å². The summed E-state index contributed by atoms with van der Waals surface area (Å²) in [5.74, 6) is 5.54. The van der Waals surface area contributed by atoms with Crippen LogP contribution in [0.25, 0.3) is 0 Å². The number of hydrazine groups is 1. The van der Waals surface area contributed by atoms with Crippen LogP contribution in [0.4, 0.5) is 0 Å². The third kappa shape index (κ3) is 7.19. The lowest BCUT2D eigenvalue weighted by molar-refractivity contribution is -0.134. The topological polar surface area (TPSA) is 96.7 Å². The molecule has 4 N–H and O–H groups in total. The molecule has 0 radical (unpaired) electrons. The van der Waals surface area contributed by atoms with Crippen LogP contribution >= 0.6 is 0 Å². The largest absolute Gasteiger partial charge is 0.494 e. The fourth-order valence-electron chi connectivity index (χ4n) is 3.27. The van der Waals surface area contributed by atoms with Gasteiger partial charge in [-0.25, -0.2) is 5.84 Å². The highest BCUT2D eigenvalue weighted by Crippen LogP contribution is 2.18. The first-order valence-corrected chi connectivity index (χ1v) is 9.87. The molecule has 0 bridgehead atoms. The third-order valence-electron chi connectivity index (χ3n) is 4.78. The number of hydrogen-bond donors (Lipinski definition) is 3. The minimum absolute atomic E-state index is 0.0519. The van der Waals surface area contributed by atoms with E-state index in [4.69, 9.17) is 10.6 Å². The maximum Gasteiger partial charge on any atom is 0.237 e. The van der Waals surface area contributed by atoms with E-state index in [0.29, 0.717) is 19.6 Å². The summed E-state index contributed by atoms with van der Waals surface area (Å²) in [6, 6.07) is 7.44. The summed E-state index contributed by atoms with van der Waals surface area (Å²) in [7, 11) is 0. The molecule has 7 heteroatoms. The van der Waals surface area contributed by atoms with E-state index in [2.05, 4.69) is 17.7 Å². The van der Waals surface area contributed by atoms with Crippen LogP contribution in [-0.2, 0) is 16.1 Å². The van der Waals surface area contributed by atoms with Gasteiger partial charge >= 0.3 is 0 Å². The third-order valence-corrected chi connectivity index (χ3v) is 4.78. The number of nitrogens with two attached hydrogens (primary N) is 1. The van der Waals surface area contributed by atoms with Gasteiger partial charge in [-0.3, -0.25) is 19.9 Å². The number of carbonyl (C=O) groups is 2. The first-order chi connectivity index (χ1) is 13.1. The fraction of sp³-hybridized carbons (Fsp3) is 0.600. The number of ether oxygens (including phenoxy) is 1. The van der Waals surface area contributed by atoms with Gasteiger partial charge in [0.2, 0.25) is 11.8 Å². The second-order valence-electron chi connectivity index (χ2n) is 6.96. The molecule has 2 rings (SSSR count). The van der Waals surface area contributed by atoms with Crippen molar-refractivity contribution < 1.29 is 14.3 Å². The van der Waals surface area contributed by atoms with E-state index in [1.807, 2.05) is 29.2 Å². The maximum absolute atomic E-state index is 12.2. The van der Waals surface area contributed by atoms with Crippen LogP contribution in [0, 0.1) is 0 Å². The van der Waals surface area contributed by atoms with Crippen molar-refractivity contribution >= 4 is 11.8 Å². The quantitative estimate of drug-likeness (QED) is 0.236. The zero-order valence-corrected chi connectivity index (χ0v) is 16.2. The molecule has 150 valence electrons. The highest BCUT2D eigenvalue weighted by molar-refractivity contribution is 5.88. The molecule has 1 atom stereocenters. The lowest BCUT2D eigenvalue weighted by Gasteiger charge is -2.34. The molecule has 1 aliphatic heterocycles. The lowest BCUT2D eigenvalue weighted by Crippen LogP contribution is -2.56. The van der Waals surface area contributed by atoms with Gasteiger partial charge in [0.05, 0.1) is 19.1 Å². The molecule has 1 heterocycles. The standard InChI is InChI=1S/C20H32N4O3/c1-2-3-4-5-6-12-27-17-9-7-8-16(13-17)15-24-11-10-22-20(26)18(24)14-19(25)23-21/h7-9,13,18H,2-6,10-12,14-15,21H2,1H3,(H,22,26)(H,23,25). The number of rotatable bonds is 11. The van der Waals surface area contributed by atoms with Gasteiger partial charge in [0, 0.05) is 19.6 Å². The molecule has 27 heavy (non-hydrogen) atoms. The van der Waals surface area contributed by atoms with E-state index in [0.717, 1.165) is 24.3 Å². The summed E-state index contributed by atoms with van der Waals surface area (Å²) in [5, 5.41) is 2.81. The number of nitrogens with one attached hydrogen (secondary N) is 2. The Kier molecular flexibility index (Phi) is 9.07. The van der Waals surface area contributed by atoms with Crippen LogP contribution in [0.2, 0.25) is 0 Å². The summed E-state index contributed by atoms with van der Waals surface area (Å²) < 4.78 is 5.87. The Morgan fingerprint density at radius 2 is 2.15 bits per heavy atom. The number of carbonyl (C=O) groups excluding carboxylic acids is 2. The highest BCUT2D eigenvalue weighted by Gasteiger charge is 2.31. The van der Waals surface area contributed by atoms with Gasteiger partial charge in [-0.1, -0.05) is 44.7 Å². The summed E-state index contributed by atoms with van der Waals surface area (Å²) >= 11 is 0. The van der Waals surface area contributed by atoms with E-state index in [1.54, 1.807) is 0 Å². The summed E-state index contributed by atoms with van der Waals surface area (Å²) in [6.45, 7) is 4.79. The Bertz CT molecular complexity index is 609. The molecule has 1 aromatic rings. The molecule has 7 nitrogen and oxygen atoms in total. The van der Waals surface area contributed by atoms with Crippen LogP contribution in [-0.4, -0.2) is 42.5 Å². The second kappa shape index (κ2) is 11.6. The van der Waals surface area contributed by atoms with E-state index < -0.39 is 6.04 Å². The van der Waals surface area contributed by atoms with Crippen LogP contribution in [0.5, 0.6) is 5.75 Å². The van der Waals surface area contributed by atoms with Crippen molar-refractivity contribution in [3.63, 3.8) is 0 Å². The molecule has 0 spiro atoms. The normalized spacial score (nSPS) is 17.4. The Morgan fingerprint density at radius 3 is 2.93 bits per heavy atom. The zero-order valence-electron chi connectivity index (χ0n) is 16.2. The van der Waals surface area contributed by atoms with E-state index in [9.17, 15) is 9.59 Å². The number of unbranched alkanes of at least 4 members (excludes halogenated alkanes) is 4. The van der Waals surface area contributed by atoms with Crippen LogP contribution in [0.15, 0.2) is 24.3 Å². The average Bonchev–Trinajstić information content (AvgIpc) is 2.67. The Labute approximate surface area is 161 Å². The minimum Gasteiger partial charge on any atom is -0.494 e. The van der Waals surface area contributed by atoms with Crippen molar-refractivity contribution in [3.8, 4) is 5.75 Å². The van der Waals surface area contributed by atoms with Crippen LogP contribution in [0.1, 0.15) is 51.0 Å². The number of benzene rings is 1. The zero-order chi connectivity index (χ0) is 19.5. The van der Waals surface area contributed by atoms with E-state index in [-0.39, 0.29) is 18.2 Å². The van der Waals surface area contributed by atoms with Crippen molar-refractivity contribution in [2.45, 2.75) is 58.0 Å². The van der Waals surface area contributed by atoms with Gasteiger partial charge in [-0.2, -0.15) is 0 Å². The number of hydrogen-bond acceptors (Lipinski definition) is 5. The SMILES string of the molecule is CCCCCCCOc1cccc(CN2CCNC(=O)C2CC(=O)NN)c1. The lowest BCUT2D eigenvalue weighted by atomic mass is 10.1. The van der Waals surface area contributed by atoms with Crippen molar-refractivity contribution in [3.05, 3.63) is 29.8 Å². The average molecular weight is 377 g/mol. The number of nitrogens with zero attached hydrogens (tertiary/aromatic N) is 1. The summed E-state index contributed by atoms with van der Waals surface area (Å²) in [5.41, 5.74) is 3.16. The van der Waals surface area contributed by atoms with Crippen molar-refractivity contribution in [1.29, 1.82) is 0 Å². The first-order valence-electron chi connectivity index (χ1n) is 9.87. The van der Waals surface area contributed by atoms with Crippen LogP contribution in [0.3, 0.4) is 0 Å². The molecule has 0 aliphatic carbocycles. The van der Waals surface area contributed by atoms with Gasteiger partial charge in [0.25, 0.3) is 0 Å². The predicted molar refractivity (Wildman–Crippen MR) is 105 cm³/mol. The molecule has 2 amide bonds. The Balaban J connectivity index is 1.89. The van der Waals surface area contributed by atoms with Gasteiger partial charge in [0.15, 0.2) is 0 Å². The fourth-order valence-corrected chi connectivity index (χ4v) is 3.27. The number of amides is 2. The van der Waals surface area contributed by atoms with Crippen molar-refractivity contribution in [2.75, 3.05) is 19.7 Å². The second-order valence-corrected chi connectivity index (χ2v) is 6.96. The van der Waals surface area contributed by atoms with Gasteiger partial charge in [-0.15, -0.1) is 0 Å². The monoisotopic (exact) mass is 376 g/mol. The highest BCUT2D eigenvalue weighted by atomic mass is 16.5. The Morgan fingerprint density at radius 1 is 1.33 bits per heavy atom. The maximum atomic E-state index is 12.2. The van der Waals surface area contributed by atoms with E-state index >= 15 is 0 Å². The molecule has 0 saturated carbocycles. The predicted octanol–water partition coefficient (Wildman–Crippen LogP) is 1.72. The molecule has 1 unspecified atom stereocenters. The molecular weight excluding hydrogens is 344 g/mol. The molecule has 1 aromatic carbocycles. The van der Waals surface area contributed by atoms with Crippen molar-refractivity contribution in [2.24, 2.45) is 5.84 Å². The smallest absolute Gasteiger partial charge is 0.237 e. The summed E-state index contributed by atoms with van der Waals surface area (Å²) in [6.07, 6.45) is 6.09. The molecular formula is C20H32N4O3. The van der Waals surface area contributed by atoms with Gasteiger partial charge in [-0.05, 0) is 24.1 Å².